The second-order valence-electron chi connectivity index (χ2n) is 6.26. The van der Waals surface area contributed by atoms with Gasteiger partial charge in [-0.15, -0.1) is 5.10 Å². The summed E-state index contributed by atoms with van der Waals surface area (Å²) in [5.74, 6) is 0.873. The smallest absolute Gasteiger partial charge is 0.242 e. The van der Waals surface area contributed by atoms with Crippen LogP contribution in [0.15, 0.2) is 48.8 Å². The molecule has 3 aromatic rings. The number of hydrogen-bond acceptors (Lipinski definition) is 5. The molecule has 2 aromatic carbocycles. The number of carbonyl (C=O) groups is 1. The summed E-state index contributed by atoms with van der Waals surface area (Å²) in [5.41, 5.74) is 4.65. The maximum atomic E-state index is 11.9. The first kappa shape index (κ1) is 16.3. The van der Waals surface area contributed by atoms with Gasteiger partial charge in [0, 0.05) is 6.54 Å². The van der Waals surface area contributed by atoms with Crippen molar-refractivity contribution >= 4 is 5.91 Å². The fourth-order valence-corrected chi connectivity index (χ4v) is 3.01. The number of amides is 1. The van der Waals surface area contributed by atoms with Crippen molar-refractivity contribution in [1.82, 2.24) is 25.5 Å². The quantitative estimate of drug-likeness (QED) is 0.762. The van der Waals surface area contributed by atoms with Crippen molar-refractivity contribution in [2.45, 2.75) is 25.9 Å². The van der Waals surface area contributed by atoms with E-state index < -0.39 is 0 Å². The van der Waals surface area contributed by atoms with Gasteiger partial charge in [-0.2, -0.15) is 0 Å². The average molecular weight is 349 g/mol. The van der Waals surface area contributed by atoms with E-state index in [9.17, 15) is 4.79 Å². The number of carbonyl (C=O) groups excluding carboxylic acids is 1. The van der Waals surface area contributed by atoms with E-state index in [1.807, 2.05) is 12.1 Å². The van der Waals surface area contributed by atoms with Gasteiger partial charge in [0.2, 0.25) is 5.91 Å². The van der Waals surface area contributed by atoms with Crippen LogP contribution in [0.25, 0.3) is 11.1 Å². The number of nitrogens with zero attached hydrogens (tertiary/aromatic N) is 4. The minimum Gasteiger partial charge on any atom is -0.493 e. The lowest BCUT2D eigenvalue weighted by Crippen LogP contribution is -2.27. The minimum atomic E-state index is -0.129. The van der Waals surface area contributed by atoms with Gasteiger partial charge in [-0.25, -0.2) is 4.68 Å². The van der Waals surface area contributed by atoms with Gasteiger partial charge in [-0.3, -0.25) is 4.79 Å². The largest absolute Gasteiger partial charge is 0.493 e. The number of hydrogen-bond donors (Lipinski definition) is 1. The molecule has 26 heavy (non-hydrogen) atoms. The molecular weight excluding hydrogens is 330 g/mol. The molecule has 0 radical (unpaired) electrons. The van der Waals surface area contributed by atoms with Gasteiger partial charge in [-0.1, -0.05) is 30.3 Å². The van der Waals surface area contributed by atoms with Gasteiger partial charge in [0.25, 0.3) is 0 Å². The molecule has 0 atom stereocenters. The Labute approximate surface area is 151 Å². The number of ether oxygens (including phenoxy) is 1. The summed E-state index contributed by atoms with van der Waals surface area (Å²) in [4.78, 5) is 11.9. The Morgan fingerprint density at radius 2 is 2.00 bits per heavy atom. The number of aryl methyl sites for hydroxylation is 1. The lowest BCUT2D eigenvalue weighted by Gasteiger charge is -2.18. The zero-order valence-electron chi connectivity index (χ0n) is 14.3. The fourth-order valence-electron chi connectivity index (χ4n) is 3.01. The second kappa shape index (κ2) is 7.35. The van der Waals surface area contributed by atoms with E-state index >= 15 is 0 Å². The number of nitrogens with one attached hydrogen (secondary N) is 1. The van der Waals surface area contributed by atoms with Crippen LogP contribution in [0.3, 0.4) is 0 Å². The third kappa shape index (κ3) is 3.72. The molecule has 0 saturated heterocycles. The summed E-state index contributed by atoms with van der Waals surface area (Å²) < 4.78 is 7.06. The standard InChI is InChI=1S/C19H19N5O2/c25-19(12-24-13-21-22-23-24)20-11-14-3-5-15(6-4-14)16-7-8-18-17(10-16)2-1-9-26-18/h3-8,10,13H,1-2,9,11-12H2,(H,20,25). The first-order valence-electron chi connectivity index (χ1n) is 8.60. The molecule has 1 N–H and O–H groups in total. The van der Waals surface area contributed by atoms with E-state index in [1.54, 1.807) is 0 Å². The number of fused-ring (bicyclic) bond motifs is 1. The summed E-state index contributed by atoms with van der Waals surface area (Å²) in [6.07, 6.45) is 3.55. The normalized spacial score (nSPS) is 12.9. The molecule has 132 valence electrons. The van der Waals surface area contributed by atoms with Crippen molar-refractivity contribution in [2.75, 3.05) is 6.61 Å². The van der Waals surface area contributed by atoms with Crippen molar-refractivity contribution < 1.29 is 9.53 Å². The molecule has 0 aliphatic carbocycles. The van der Waals surface area contributed by atoms with E-state index in [1.165, 1.54) is 22.1 Å². The Kier molecular flexibility index (Phi) is 4.59. The van der Waals surface area contributed by atoms with Crippen LogP contribution in [-0.4, -0.2) is 32.7 Å². The first-order chi connectivity index (χ1) is 12.8. The average Bonchev–Trinajstić information content (AvgIpc) is 3.19. The Morgan fingerprint density at radius 3 is 2.81 bits per heavy atom. The topological polar surface area (TPSA) is 81.9 Å². The van der Waals surface area contributed by atoms with E-state index in [0.29, 0.717) is 6.54 Å². The highest BCUT2D eigenvalue weighted by atomic mass is 16.5. The molecule has 4 rings (SSSR count). The molecule has 1 aromatic heterocycles. The molecule has 1 aliphatic rings. The van der Waals surface area contributed by atoms with Crippen LogP contribution < -0.4 is 10.1 Å². The van der Waals surface area contributed by atoms with Crippen LogP contribution in [0, 0.1) is 0 Å². The number of rotatable bonds is 5. The summed E-state index contributed by atoms with van der Waals surface area (Å²) in [6, 6.07) is 14.6. The number of aromatic nitrogens is 4. The Morgan fingerprint density at radius 1 is 1.15 bits per heavy atom. The van der Waals surface area contributed by atoms with Crippen LogP contribution >= 0.6 is 0 Å². The van der Waals surface area contributed by atoms with Crippen molar-refractivity contribution in [3.63, 3.8) is 0 Å². The molecule has 1 aliphatic heterocycles. The molecule has 2 heterocycles. The predicted octanol–water partition coefficient (Wildman–Crippen LogP) is 1.98. The Balaban J connectivity index is 1.38. The van der Waals surface area contributed by atoms with E-state index in [0.717, 1.165) is 36.3 Å². The highest BCUT2D eigenvalue weighted by molar-refractivity contribution is 5.75. The Hall–Kier alpha value is -3.22. The first-order valence-corrected chi connectivity index (χ1v) is 8.60. The third-order valence-corrected chi connectivity index (χ3v) is 4.38. The SMILES string of the molecule is O=C(Cn1cnnn1)NCc1ccc(-c2ccc3c(c2)CCCO3)cc1. The van der Waals surface area contributed by atoms with Crippen LogP contribution in [0.2, 0.25) is 0 Å². The highest BCUT2D eigenvalue weighted by Gasteiger charge is 2.11. The lowest BCUT2D eigenvalue weighted by atomic mass is 9.98. The molecule has 0 fully saturated rings. The summed E-state index contributed by atoms with van der Waals surface area (Å²) >= 11 is 0. The van der Waals surface area contributed by atoms with Crippen molar-refractivity contribution in [3.8, 4) is 16.9 Å². The predicted molar refractivity (Wildman–Crippen MR) is 95.4 cm³/mol. The molecule has 7 nitrogen and oxygen atoms in total. The van der Waals surface area contributed by atoms with Gasteiger partial charge in [0.05, 0.1) is 6.61 Å². The van der Waals surface area contributed by atoms with Crippen LogP contribution in [-0.2, 0) is 24.3 Å². The number of benzene rings is 2. The zero-order chi connectivity index (χ0) is 17.8. The maximum Gasteiger partial charge on any atom is 0.242 e. The van der Waals surface area contributed by atoms with Crippen molar-refractivity contribution in [1.29, 1.82) is 0 Å². The lowest BCUT2D eigenvalue weighted by molar-refractivity contribution is -0.122. The van der Waals surface area contributed by atoms with Crippen LogP contribution in [0.4, 0.5) is 0 Å². The summed E-state index contributed by atoms with van der Waals surface area (Å²) in [7, 11) is 0. The maximum absolute atomic E-state index is 11.9. The molecule has 7 heteroatoms. The third-order valence-electron chi connectivity index (χ3n) is 4.38. The summed E-state index contributed by atoms with van der Waals surface area (Å²) in [6.45, 7) is 1.39. The summed E-state index contributed by atoms with van der Waals surface area (Å²) in [5, 5.41) is 13.5. The molecule has 1 amide bonds. The second-order valence-corrected chi connectivity index (χ2v) is 6.26. The molecule has 0 unspecified atom stereocenters. The van der Waals surface area contributed by atoms with Gasteiger partial charge in [0.15, 0.2) is 0 Å². The highest BCUT2D eigenvalue weighted by Crippen LogP contribution is 2.30. The number of tetrazole rings is 1. The van der Waals surface area contributed by atoms with Gasteiger partial charge in [-0.05, 0) is 57.7 Å². The monoisotopic (exact) mass is 349 g/mol. The minimum absolute atomic E-state index is 0.113. The zero-order valence-corrected chi connectivity index (χ0v) is 14.3. The van der Waals surface area contributed by atoms with Crippen molar-refractivity contribution in [2.24, 2.45) is 0 Å². The molecular formula is C19H19N5O2. The van der Waals surface area contributed by atoms with Crippen LogP contribution in [0.5, 0.6) is 5.75 Å². The molecule has 0 saturated carbocycles. The van der Waals surface area contributed by atoms with Gasteiger partial charge >= 0.3 is 0 Å². The molecule has 0 spiro atoms. The van der Waals surface area contributed by atoms with Gasteiger partial charge < -0.3 is 10.1 Å². The van der Waals surface area contributed by atoms with Gasteiger partial charge in [0.1, 0.15) is 18.6 Å². The van der Waals surface area contributed by atoms with Crippen molar-refractivity contribution in [3.05, 3.63) is 59.9 Å². The Bertz CT molecular complexity index is 891. The van der Waals surface area contributed by atoms with E-state index in [2.05, 4.69) is 51.2 Å². The van der Waals surface area contributed by atoms with Crippen LogP contribution in [0.1, 0.15) is 17.5 Å². The van der Waals surface area contributed by atoms with E-state index in [-0.39, 0.29) is 12.5 Å². The van der Waals surface area contributed by atoms with E-state index in [4.69, 9.17) is 4.74 Å². The fraction of sp³-hybridized carbons (Fsp3) is 0.263. The molecule has 0 bridgehead atoms.